The van der Waals surface area contributed by atoms with Crippen LogP contribution in [-0.2, 0) is 6.54 Å². The van der Waals surface area contributed by atoms with Crippen molar-refractivity contribution in [2.24, 2.45) is 5.92 Å². The summed E-state index contributed by atoms with van der Waals surface area (Å²) in [7, 11) is 0. The maximum atomic E-state index is 4.47. The predicted molar refractivity (Wildman–Crippen MR) is 81.6 cm³/mol. The molecule has 112 valence electrons. The predicted octanol–water partition coefficient (Wildman–Crippen LogP) is 2.43. The Bertz CT molecular complexity index is 416. The third-order valence-electron chi connectivity index (χ3n) is 4.44. The summed E-state index contributed by atoms with van der Waals surface area (Å²) in [5.74, 6) is 0.955. The molecule has 1 aliphatic carbocycles. The molecule has 4 heteroatoms. The van der Waals surface area contributed by atoms with Gasteiger partial charge in [0.05, 0.1) is 6.20 Å². The Balaban J connectivity index is 1.58. The monoisotopic (exact) mass is 276 g/mol. The summed E-state index contributed by atoms with van der Waals surface area (Å²) >= 11 is 0. The summed E-state index contributed by atoms with van der Waals surface area (Å²) < 4.78 is 2.07. The lowest BCUT2D eigenvalue weighted by Crippen LogP contribution is -2.38. The molecule has 1 aromatic rings. The van der Waals surface area contributed by atoms with Gasteiger partial charge < -0.3 is 5.32 Å². The Morgan fingerprint density at radius 3 is 2.80 bits per heavy atom. The van der Waals surface area contributed by atoms with E-state index < -0.39 is 0 Å². The van der Waals surface area contributed by atoms with Gasteiger partial charge in [0.15, 0.2) is 0 Å². The van der Waals surface area contributed by atoms with E-state index in [4.69, 9.17) is 0 Å². The van der Waals surface area contributed by atoms with E-state index in [2.05, 4.69) is 40.0 Å². The number of nitrogens with one attached hydrogen (secondary N) is 1. The Morgan fingerprint density at radius 2 is 2.20 bits per heavy atom. The van der Waals surface area contributed by atoms with Crippen molar-refractivity contribution >= 4 is 0 Å². The zero-order valence-corrected chi connectivity index (χ0v) is 12.9. The van der Waals surface area contributed by atoms with Gasteiger partial charge >= 0.3 is 0 Å². The van der Waals surface area contributed by atoms with E-state index in [1.807, 2.05) is 6.20 Å². The zero-order valence-electron chi connectivity index (χ0n) is 12.9. The van der Waals surface area contributed by atoms with Gasteiger partial charge in [-0.3, -0.25) is 9.58 Å². The van der Waals surface area contributed by atoms with E-state index in [9.17, 15) is 0 Å². The van der Waals surface area contributed by atoms with E-state index in [-0.39, 0.29) is 0 Å². The van der Waals surface area contributed by atoms with Gasteiger partial charge in [-0.05, 0) is 52.0 Å². The Morgan fingerprint density at radius 1 is 1.35 bits per heavy atom. The number of hydrogen-bond donors (Lipinski definition) is 1. The van der Waals surface area contributed by atoms with Crippen LogP contribution >= 0.6 is 0 Å². The molecule has 20 heavy (non-hydrogen) atoms. The molecule has 2 aliphatic rings. The molecule has 0 amide bonds. The van der Waals surface area contributed by atoms with Gasteiger partial charge in [-0.1, -0.05) is 0 Å². The molecule has 2 heterocycles. The van der Waals surface area contributed by atoms with Crippen molar-refractivity contribution in [1.29, 1.82) is 0 Å². The van der Waals surface area contributed by atoms with Gasteiger partial charge in [-0.15, -0.1) is 0 Å². The first-order valence-electron chi connectivity index (χ1n) is 8.19. The first kappa shape index (κ1) is 14.1. The Kier molecular flexibility index (Phi) is 4.41. The number of rotatable bonds is 7. The minimum Gasteiger partial charge on any atom is -0.313 e. The minimum absolute atomic E-state index is 0.456. The molecular weight excluding hydrogens is 248 g/mol. The van der Waals surface area contributed by atoms with Gasteiger partial charge in [0, 0.05) is 43.5 Å². The van der Waals surface area contributed by atoms with Crippen molar-refractivity contribution in [3.05, 3.63) is 18.0 Å². The van der Waals surface area contributed by atoms with Crippen LogP contribution < -0.4 is 5.32 Å². The molecule has 0 aromatic carbocycles. The molecule has 0 spiro atoms. The van der Waals surface area contributed by atoms with E-state index >= 15 is 0 Å². The van der Waals surface area contributed by atoms with Crippen LogP contribution in [0.2, 0.25) is 0 Å². The minimum atomic E-state index is 0.456. The van der Waals surface area contributed by atoms with Gasteiger partial charge in [-0.2, -0.15) is 5.10 Å². The largest absolute Gasteiger partial charge is 0.313 e. The number of aromatic nitrogens is 2. The average molecular weight is 276 g/mol. The first-order valence-corrected chi connectivity index (χ1v) is 8.19. The third kappa shape index (κ3) is 3.83. The summed E-state index contributed by atoms with van der Waals surface area (Å²) in [6.07, 6.45) is 9.80. The SMILES string of the molecule is CC(C)n1cc(CN(CC2CC2)CC2CCCN2)cn1. The highest BCUT2D eigenvalue weighted by Crippen LogP contribution is 2.30. The third-order valence-corrected chi connectivity index (χ3v) is 4.44. The quantitative estimate of drug-likeness (QED) is 0.830. The van der Waals surface area contributed by atoms with Crippen LogP contribution in [0.3, 0.4) is 0 Å². The van der Waals surface area contributed by atoms with E-state index in [1.165, 1.54) is 50.9 Å². The van der Waals surface area contributed by atoms with Crippen LogP contribution in [0.5, 0.6) is 0 Å². The maximum Gasteiger partial charge on any atom is 0.0534 e. The summed E-state index contributed by atoms with van der Waals surface area (Å²) in [4.78, 5) is 2.64. The van der Waals surface area contributed by atoms with Crippen LogP contribution in [0, 0.1) is 5.92 Å². The van der Waals surface area contributed by atoms with Crippen molar-refractivity contribution in [2.45, 2.75) is 58.2 Å². The fraction of sp³-hybridized carbons (Fsp3) is 0.812. The number of nitrogens with zero attached hydrogens (tertiary/aromatic N) is 3. The average Bonchev–Trinajstić information content (AvgIpc) is 2.91. The van der Waals surface area contributed by atoms with Crippen molar-refractivity contribution in [1.82, 2.24) is 20.0 Å². The lowest BCUT2D eigenvalue weighted by molar-refractivity contribution is 0.231. The zero-order chi connectivity index (χ0) is 13.9. The summed E-state index contributed by atoms with van der Waals surface area (Å²) in [6, 6.07) is 1.16. The highest BCUT2D eigenvalue weighted by atomic mass is 15.3. The number of hydrogen-bond acceptors (Lipinski definition) is 3. The second-order valence-electron chi connectivity index (χ2n) is 6.85. The molecule has 1 saturated carbocycles. The van der Waals surface area contributed by atoms with Crippen molar-refractivity contribution in [3.63, 3.8) is 0 Å². The van der Waals surface area contributed by atoms with Crippen LogP contribution in [0.15, 0.2) is 12.4 Å². The molecule has 1 N–H and O–H groups in total. The molecule has 2 fully saturated rings. The molecular formula is C16H28N4. The van der Waals surface area contributed by atoms with Crippen LogP contribution in [0.4, 0.5) is 0 Å². The normalized spacial score (nSPS) is 23.1. The Labute approximate surface area is 122 Å². The topological polar surface area (TPSA) is 33.1 Å². The summed E-state index contributed by atoms with van der Waals surface area (Å²) in [5, 5.41) is 8.10. The van der Waals surface area contributed by atoms with Crippen LogP contribution in [0.25, 0.3) is 0 Å². The molecule has 4 nitrogen and oxygen atoms in total. The van der Waals surface area contributed by atoms with E-state index in [0.29, 0.717) is 12.1 Å². The molecule has 1 unspecified atom stereocenters. The van der Waals surface area contributed by atoms with Gasteiger partial charge in [0.2, 0.25) is 0 Å². The molecule has 1 aliphatic heterocycles. The second-order valence-corrected chi connectivity index (χ2v) is 6.85. The van der Waals surface area contributed by atoms with Gasteiger partial charge in [0.25, 0.3) is 0 Å². The summed E-state index contributed by atoms with van der Waals surface area (Å²) in [5.41, 5.74) is 1.36. The lowest BCUT2D eigenvalue weighted by Gasteiger charge is -2.25. The van der Waals surface area contributed by atoms with Gasteiger partial charge in [0.1, 0.15) is 0 Å². The standard InChI is InChI=1S/C16H28N4/c1-13(2)20-11-15(8-18-20)10-19(9-14-5-6-14)12-16-4-3-7-17-16/h8,11,13-14,16-17H,3-7,9-10,12H2,1-2H3. The Hall–Kier alpha value is -0.870. The molecule has 1 atom stereocenters. The van der Waals surface area contributed by atoms with Crippen molar-refractivity contribution in [2.75, 3.05) is 19.6 Å². The van der Waals surface area contributed by atoms with Crippen LogP contribution in [0.1, 0.15) is 51.1 Å². The smallest absolute Gasteiger partial charge is 0.0534 e. The van der Waals surface area contributed by atoms with Gasteiger partial charge in [-0.25, -0.2) is 0 Å². The first-order chi connectivity index (χ1) is 9.70. The summed E-state index contributed by atoms with van der Waals surface area (Å²) in [6.45, 7) is 9.09. The van der Waals surface area contributed by atoms with Crippen LogP contribution in [-0.4, -0.2) is 40.4 Å². The highest BCUT2D eigenvalue weighted by Gasteiger charge is 2.26. The molecule has 0 bridgehead atoms. The maximum absolute atomic E-state index is 4.47. The van der Waals surface area contributed by atoms with E-state index in [1.54, 1.807) is 0 Å². The highest BCUT2D eigenvalue weighted by molar-refractivity contribution is 5.04. The van der Waals surface area contributed by atoms with Crippen molar-refractivity contribution < 1.29 is 0 Å². The molecule has 1 aromatic heterocycles. The fourth-order valence-electron chi connectivity index (χ4n) is 3.09. The molecule has 3 rings (SSSR count). The van der Waals surface area contributed by atoms with Crippen molar-refractivity contribution in [3.8, 4) is 0 Å². The lowest BCUT2D eigenvalue weighted by atomic mass is 10.2. The van der Waals surface area contributed by atoms with E-state index in [0.717, 1.165) is 12.5 Å². The molecule has 0 radical (unpaired) electrons. The second kappa shape index (κ2) is 6.27. The fourth-order valence-corrected chi connectivity index (χ4v) is 3.09. The molecule has 1 saturated heterocycles.